The molecule has 0 saturated heterocycles. The van der Waals surface area contributed by atoms with Crippen molar-refractivity contribution < 1.29 is 13.6 Å². The highest BCUT2D eigenvalue weighted by Crippen LogP contribution is 2.19. The summed E-state index contributed by atoms with van der Waals surface area (Å²) in [7, 11) is 1.81. The van der Waals surface area contributed by atoms with Crippen LogP contribution in [0.1, 0.15) is 12.0 Å². The topological polar surface area (TPSA) is 32.3 Å². The molecule has 2 rings (SSSR count). The van der Waals surface area contributed by atoms with Gasteiger partial charge in [-0.05, 0) is 31.3 Å². The van der Waals surface area contributed by atoms with Crippen LogP contribution >= 0.6 is 15.9 Å². The Morgan fingerprint density at radius 1 is 1.17 bits per heavy atom. The second kappa shape index (κ2) is 8.17. The van der Waals surface area contributed by atoms with Gasteiger partial charge in [0, 0.05) is 29.5 Å². The van der Waals surface area contributed by atoms with Crippen LogP contribution in [0.2, 0.25) is 0 Å². The molecule has 0 radical (unpaired) electrons. The minimum Gasteiger partial charge on any atom is -0.324 e. The molecular weight excluding hydrogens is 366 g/mol. The first-order valence-electron chi connectivity index (χ1n) is 7.12. The number of carbonyl (C=O) groups is 1. The lowest BCUT2D eigenvalue weighted by atomic mass is 10.2. The number of rotatable bonds is 6. The lowest BCUT2D eigenvalue weighted by Gasteiger charge is -2.17. The summed E-state index contributed by atoms with van der Waals surface area (Å²) in [5.74, 6) is -1.04. The summed E-state index contributed by atoms with van der Waals surface area (Å²) in [5, 5.41) is 2.53. The molecule has 0 saturated carbocycles. The van der Waals surface area contributed by atoms with Crippen LogP contribution < -0.4 is 5.32 Å². The van der Waals surface area contributed by atoms with Crippen molar-refractivity contribution in [3.63, 3.8) is 0 Å². The maximum atomic E-state index is 13.6. The molecule has 0 bridgehead atoms. The number of amides is 1. The standard InChI is InChI=1S/C17H17BrF2N2O/c1-22(11-12-4-2-3-5-14(12)19)9-8-17(23)21-16-7-6-13(18)10-15(16)20/h2-7,10H,8-9,11H2,1H3,(H,21,23). The van der Waals surface area contributed by atoms with Crippen molar-refractivity contribution >= 4 is 27.5 Å². The van der Waals surface area contributed by atoms with Crippen LogP contribution in [-0.4, -0.2) is 24.4 Å². The Bertz CT molecular complexity index is 694. The molecule has 0 aliphatic rings. The molecule has 1 amide bonds. The SMILES string of the molecule is CN(CCC(=O)Nc1ccc(Br)cc1F)Cc1ccccc1F. The van der Waals surface area contributed by atoms with E-state index >= 15 is 0 Å². The summed E-state index contributed by atoms with van der Waals surface area (Å²) >= 11 is 3.16. The van der Waals surface area contributed by atoms with Crippen molar-refractivity contribution in [2.24, 2.45) is 0 Å². The van der Waals surface area contributed by atoms with E-state index in [-0.39, 0.29) is 23.8 Å². The number of carbonyl (C=O) groups excluding carboxylic acids is 1. The van der Waals surface area contributed by atoms with Gasteiger partial charge in [-0.3, -0.25) is 4.79 Å². The third-order valence-corrected chi connectivity index (χ3v) is 3.82. The zero-order valence-corrected chi connectivity index (χ0v) is 14.2. The van der Waals surface area contributed by atoms with Crippen molar-refractivity contribution in [1.82, 2.24) is 4.90 Å². The van der Waals surface area contributed by atoms with Gasteiger partial charge in [0.2, 0.25) is 5.91 Å². The maximum Gasteiger partial charge on any atom is 0.225 e. The fraction of sp³-hybridized carbons (Fsp3) is 0.235. The van der Waals surface area contributed by atoms with E-state index in [9.17, 15) is 13.6 Å². The summed E-state index contributed by atoms with van der Waals surface area (Å²) in [6.07, 6.45) is 0.195. The van der Waals surface area contributed by atoms with Crippen molar-refractivity contribution in [2.75, 3.05) is 18.9 Å². The molecule has 0 heterocycles. The van der Waals surface area contributed by atoms with Crippen molar-refractivity contribution in [1.29, 1.82) is 0 Å². The van der Waals surface area contributed by atoms with Crippen molar-refractivity contribution in [3.8, 4) is 0 Å². The Hall–Kier alpha value is -1.79. The molecule has 2 aromatic carbocycles. The minimum absolute atomic E-state index is 0.148. The molecule has 2 aromatic rings. The summed E-state index contributed by atoms with van der Waals surface area (Å²) in [6, 6.07) is 11.0. The molecule has 0 fully saturated rings. The van der Waals surface area contributed by atoms with E-state index in [1.165, 1.54) is 18.2 Å². The van der Waals surface area contributed by atoms with E-state index in [0.717, 1.165) is 0 Å². The van der Waals surface area contributed by atoms with E-state index in [0.29, 0.717) is 23.1 Å². The molecule has 1 N–H and O–H groups in total. The lowest BCUT2D eigenvalue weighted by Crippen LogP contribution is -2.24. The molecule has 0 aromatic heterocycles. The van der Waals surface area contributed by atoms with Crippen LogP contribution in [-0.2, 0) is 11.3 Å². The third-order valence-electron chi connectivity index (χ3n) is 3.32. The molecule has 0 unspecified atom stereocenters. The number of nitrogens with zero attached hydrogens (tertiary/aromatic N) is 1. The first kappa shape index (κ1) is 17.6. The Morgan fingerprint density at radius 3 is 2.61 bits per heavy atom. The van der Waals surface area contributed by atoms with Crippen LogP contribution in [0.3, 0.4) is 0 Å². The highest BCUT2D eigenvalue weighted by Gasteiger charge is 2.10. The van der Waals surface area contributed by atoms with E-state index in [2.05, 4.69) is 21.2 Å². The minimum atomic E-state index is -0.493. The van der Waals surface area contributed by atoms with Gasteiger partial charge in [0.25, 0.3) is 0 Å². The smallest absolute Gasteiger partial charge is 0.225 e. The highest BCUT2D eigenvalue weighted by molar-refractivity contribution is 9.10. The molecule has 0 spiro atoms. The number of halogens is 3. The summed E-state index contributed by atoms with van der Waals surface area (Å²) in [6.45, 7) is 0.852. The van der Waals surface area contributed by atoms with E-state index in [4.69, 9.17) is 0 Å². The zero-order chi connectivity index (χ0) is 16.8. The number of anilines is 1. The van der Waals surface area contributed by atoms with Crippen LogP contribution in [0.5, 0.6) is 0 Å². The van der Waals surface area contributed by atoms with Gasteiger partial charge in [0.05, 0.1) is 5.69 Å². The molecule has 0 aliphatic carbocycles. The predicted molar refractivity (Wildman–Crippen MR) is 90.1 cm³/mol. The van der Waals surface area contributed by atoms with E-state index in [1.807, 2.05) is 4.90 Å². The Balaban J connectivity index is 1.83. The van der Waals surface area contributed by atoms with Gasteiger partial charge in [0.1, 0.15) is 11.6 Å². The molecular formula is C17H17BrF2N2O. The van der Waals surface area contributed by atoms with Gasteiger partial charge >= 0.3 is 0 Å². The maximum absolute atomic E-state index is 13.6. The second-order valence-electron chi connectivity index (χ2n) is 5.25. The van der Waals surface area contributed by atoms with Crippen LogP contribution in [0.4, 0.5) is 14.5 Å². The number of hydrogen-bond donors (Lipinski definition) is 1. The monoisotopic (exact) mass is 382 g/mol. The Labute approximate surface area is 142 Å². The van der Waals surface area contributed by atoms with Gasteiger partial charge in [-0.25, -0.2) is 8.78 Å². The quantitative estimate of drug-likeness (QED) is 0.812. The first-order chi connectivity index (χ1) is 11.0. The fourth-order valence-electron chi connectivity index (χ4n) is 2.09. The van der Waals surface area contributed by atoms with Crippen LogP contribution in [0, 0.1) is 11.6 Å². The summed E-state index contributed by atoms with van der Waals surface area (Å²) < 4.78 is 27.8. The van der Waals surface area contributed by atoms with Gasteiger partial charge in [-0.1, -0.05) is 34.1 Å². The summed E-state index contributed by atoms with van der Waals surface area (Å²) in [5.41, 5.74) is 0.726. The van der Waals surface area contributed by atoms with Gasteiger partial charge in [-0.15, -0.1) is 0 Å². The first-order valence-corrected chi connectivity index (χ1v) is 7.92. The van der Waals surface area contributed by atoms with Gasteiger partial charge in [0.15, 0.2) is 0 Å². The van der Waals surface area contributed by atoms with Gasteiger partial charge < -0.3 is 10.2 Å². The number of benzene rings is 2. The van der Waals surface area contributed by atoms with E-state index < -0.39 is 5.82 Å². The molecule has 6 heteroatoms. The fourth-order valence-corrected chi connectivity index (χ4v) is 2.43. The largest absolute Gasteiger partial charge is 0.324 e. The second-order valence-corrected chi connectivity index (χ2v) is 6.17. The molecule has 122 valence electrons. The van der Waals surface area contributed by atoms with Crippen molar-refractivity contribution in [3.05, 3.63) is 64.1 Å². The number of hydrogen-bond acceptors (Lipinski definition) is 2. The molecule has 23 heavy (non-hydrogen) atoms. The Morgan fingerprint density at radius 2 is 1.91 bits per heavy atom. The van der Waals surface area contributed by atoms with E-state index in [1.54, 1.807) is 31.3 Å². The molecule has 3 nitrogen and oxygen atoms in total. The molecule has 0 aliphatic heterocycles. The Kier molecular flexibility index (Phi) is 6.24. The van der Waals surface area contributed by atoms with Crippen molar-refractivity contribution in [2.45, 2.75) is 13.0 Å². The van der Waals surface area contributed by atoms with Crippen LogP contribution in [0.25, 0.3) is 0 Å². The average molecular weight is 383 g/mol. The zero-order valence-electron chi connectivity index (χ0n) is 12.7. The normalized spacial score (nSPS) is 10.8. The lowest BCUT2D eigenvalue weighted by molar-refractivity contribution is -0.116. The molecule has 0 atom stereocenters. The third kappa shape index (κ3) is 5.41. The average Bonchev–Trinajstić information content (AvgIpc) is 2.50. The summed E-state index contributed by atoms with van der Waals surface area (Å²) in [4.78, 5) is 13.7. The van der Waals surface area contributed by atoms with Crippen LogP contribution in [0.15, 0.2) is 46.9 Å². The highest BCUT2D eigenvalue weighted by atomic mass is 79.9. The number of nitrogens with one attached hydrogen (secondary N) is 1. The van der Waals surface area contributed by atoms with Gasteiger partial charge in [-0.2, -0.15) is 0 Å². The predicted octanol–water partition coefficient (Wildman–Crippen LogP) is 4.19.